The summed E-state index contributed by atoms with van der Waals surface area (Å²) in [6.07, 6.45) is 3.90. The van der Waals surface area contributed by atoms with Crippen molar-refractivity contribution in [2.75, 3.05) is 19.7 Å². The van der Waals surface area contributed by atoms with Crippen molar-refractivity contribution < 1.29 is 9.53 Å². The Bertz CT molecular complexity index is 786. The van der Waals surface area contributed by atoms with E-state index in [1.807, 2.05) is 17.0 Å². The molecule has 2 aromatic rings. The molecule has 1 aliphatic carbocycles. The standard InChI is InChI=1S/C18H20ClN3O2.ClH/c19-14-4-6-16(18-12(14)2-1-7-21-18)24-10-17(23)22-8-11-3-5-15(20)13(11)9-22;/h1-2,4,6-7,11,13,15H,3,5,8-10,20H2;1H. The number of nitrogens with zero attached hydrogens (tertiary/aromatic N) is 2. The van der Waals surface area contributed by atoms with Gasteiger partial charge in [-0.05, 0) is 48.9 Å². The van der Waals surface area contributed by atoms with Crippen molar-refractivity contribution in [1.29, 1.82) is 0 Å². The van der Waals surface area contributed by atoms with Crippen molar-refractivity contribution in [3.8, 4) is 5.75 Å². The van der Waals surface area contributed by atoms with E-state index < -0.39 is 0 Å². The summed E-state index contributed by atoms with van der Waals surface area (Å²) in [6, 6.07) is 7.49. The van der Waals surface area contributed by atoms with Crippen molar-refractivity contribution in [3.63, 3.8) is 0 Å². The van der Waals surface area contributed by atoms with Crippen molar-refractivity contribution in [2.45, 2.75) is 18.9 Å². The van der Waals surface area contributed by atoms with E-state index in [9.17, 15) is 4.79 Å². The Morgan fingerprint density at radius 3 is 2.96 bits per heavy atom. The number of carbonyl (C=O) groups excluding carboxylic acids is 1. The van der Waals surface area contributed by atoms with Crippen LogP contribution in [0.3, 0.4) is 0 Å². The Morgan fingerprint density at radius 2 is 2.16 bits per heavy atom. The van der Waals surface area contributed by atoms with Crippen LogP contribution in [0.15, 0.2) is 30.5 Å². The molecule has 1 aromatic heterocycles. The lowest BCUT2D eigenvalue weighted by atomic mass is 9.98. The second-order valence-corrected chi connectivity index (χ2v) is 7.10. The molecule has 1 saturated heterocycles. The van der Waals surface area contributed by atoms with Gasteiger partial charge in [-0.25, -0.2) is 0 Å². The van der Waals surface area contributed by atoms with Crippen LogP contribution >= 0.6 is 24.0 Å². The molecule has 3 unspecified atom stereocenters. The molecule has 4 rings (SSSR count). The highest BCUT2D eigenvalue weighted by atomic mass is 35.5. The number of aromatic nitrogens is 1. The Morgan fingerprint density at radius 1 is 1.32 bits per heavy atom. The predicted molar refractivity (Wildman–Crippen MR) is 100 cm³/mol. The van der Waals surface area contributed by atoms with Gasteiger partial charge in [-0.15, -0.1) is 12.4 Å². The maximum atomic E-state index is 12.5. The zero-order valence-electron chi connectivity index (χ0n) is 13.7. The zero-order valence-corrected chi connectivity index (χ0v) is 15.3. The second kappa shape index (κ2) is 7.36. The number of benzene rings is 1. The average Bonchev–Trinajstić information content (AvgIpc) is 3.17. The molecule has 0 bridgehead atoms. The van der Waals surface area contributed by atoms with Gasteiger partial charge in [0.05, 0.1) is 5.02 Å². The third-order valence-corrected chi connectivity index (χ3v) is 5.63. The highest BCUT2D eigenvalue weighted by Gasteiger charge is 2.42. The number of likely N-dealkylation sites (tertiary alicyclic amines) is 1. The predicted octanol–water partition coefficient (Wildman–Crippen LogP) is 2.88. The number of nitrogens with two attached hydrogens (primary N) is 1. The van der Waals surface area contributed by atoms with E-state index in [1.165, 1.54) is 0 Å². The summed E-state index contributed by atoms with van der Waals surface area (Å²) in [5.41, 5.74) is 6.81. The molecule has 25 heavy (non-hydrogen) atoms. The molecule has 2 fully saturated rings. The molecule has 1 amide bonds. The molecular weight excluding hydrogens is 361 g/mol. The molecule has 5 nitrogen and oxygen atoms in total. The fraction of sp³-hybridized carbons (Fsp3) is 0.444. The highest BCUT2D eigenvalue weighted by molar-refractivity contribution is 6.35. The summed E-state index contributed by atoms with van der Waals surface area (Å²) in [6.45, 7) is 1.58. The number of hydrogen-bond acceptors (Lipinski definition) is 4. The lowest BCUT2D eigenvalue weighted by Gasteiger charge is -2.19. The highest BCUT2D eigenvalue weighted by Crippen LogP contribution is 2.37. The van der Waals surface area contributed by atoms with Gasteiger partial charge < -0.3 is 15.4 Å². The lowest BCUT2D eigenvalue weighted by Crippen LogP contribution is -2.36. The van der Waals surface area contributed by atoms with Crippen molar-refractivity contribution in [1.82, 2.24) is 9.88 Å². The summed E-state index contributed by atoms with van der Waals surface area (Å²) in [5.74, 6) is 1.60. The van der Waals surface area contributed by atoms with Gasteiger partial charge in [0.25, 0.3) is 5.91 Å². The van der Waals surface area contributed by atoms with Crippen LogP contribution < -0.4 is 10.5 Å². The van der Waals surface area contributed by atoms with Crippen molar-refractivity contribution in [2.24, 2.45) is 17.6 Å². The maximum Gasteiger partial charge on any atom is 0.260 e. The summed E-state index contributed by atoms with van der Waals surface area (Å²) in [5, 5.41) is 1.45. The molecule has 2 N–H and O–H groups in total. The number of pyridine rings is 1. The number of amides is 1. The number of halogens is 2. The van der Waals surface area contributed by atoms with E-state index in [0.29, 0.717) is 28.1 Å². The fourth-order valence-corrected chi connectivity index (χ4v) is 4.19. The van der Waals surface area contributed by atoms with Gasteiger partial charge in [0, 0.05) is 30.7 Å². The molecule has 2 aliphatic rings. The fourth-order valence-electron chi connectivity index (χ4n) is 3.97. The molecule has 2 heterocycles. The molecule has 1 saturated carbocycles. The van der Waals surface area contributed by atoms with Crippen LogP contribution in [0.2, 0.25) is 5.02 Å². The quantitative estimate of drug-likeness (QED) is 0.887. The van der Waals surface area contributed by atoms with Crippen LogP contribution in [-0.4, -0.2) is 41.5 Å². The van der Waals surface area contributed by atoms with Gasteiger partial charge in [0.2, 0.25) is 0 Å². The monoisotopic (exact) mass is 381 g/mol. The minimum atomic E-state index is 0. The number of hydrogen-bond donors (Lipinski definition) is 1. The Hall–Kier alpha value is -1.56. The molecule has 0 radical (unpaired) electrons. The van der Waals surface area contributed by atoms with E-state index in [-0.39, 0.29) is 31.0 Å². The Kier molecular flexibility index (Phi) is 5.37. The number of rotatable bonds is 3. The van der Waals surface area contributed by atoms with Gasteiger partial charge in [0.15, 0.2) is 6.61 Å². The molecule has 1 aliphatic heterocycles. The van der Waals surface area contributed by atoms with E-state index in [1.54, 1.807) is 18.3 Å². The molecule has 1 aromatic carbocycles. The topological polar surface area (TPSA) is 68.5 Å². The number of ether oxygens (including phenoxy) is 1. The summed E-state index contributed by atoms with van der Waals surface area (Å²) < 4.78 is 5.75. The van der Waals surface area contributed by atoms with E-state index in [2.05, 4.69) is 4.98 Å². The first-order chi connectivity index (χ1) is 11.6. The molecule has 134 valence electrons. The third kappa shape index (κ3) is 3.41. The first-order valence-electron chi connectivity index (χ1n) is 8.33. The van der Waals surface area contributed by atoms with Crippen LogP contribution in [0.1, 0.15) is 12.8 Å². The summed E-state index contributed by atoms with van der Waals surface area (Å²) >= 11 is 6.18. The Labute approximate surface area is 157 Å². The summed E-state index contributed by atoms with van der Waals surface area (Å²) in [7, 11) is 0. The largest absolute Gasteiger partial charge is 0.481 e. The van der Waals surface area contributed by atoms with E-state index >= 15 is 0 Å². The molecular formula is C18H21Cl2N3O2. The van der Waals surface area contributed by atoms with Gasteiger partial charge in [-0.2, -0.15) is 0 Å². The van der Waals surface area contributed by atoms with Gasteiger partial charge in [0.1, 0.15) is 11.3 Å². The Balaban J connectivity index is 0.00000182. The van der Waals surface area contributed by atoms with Gasteiger partial charge in [-0.3, -0.25) is 9.78 Å². The summed E-state index contributed by atoms with van der Waals surface area (Å²) in [4.78, 5) is 18.7. The smallest absolute Gasteiger partial charge is 0.260 e. The van der Waals surface area contributed by atoms with Crippen molar-refractivity contribution >= 4 is 40.8 Å². The molecule has 0 spiro atoms. The molecule has 3 atom stereocenters. The molecule has 7 heteroatoms. The van der Waals surface area contributed by atoms with Crippen LogP contribution in [-0.2, 0) is 4.79 Å². The third-order valence-electron chi connectivity index (χ3n) is 5.30. The average molecular weight is 382 g/mol. The maximum absolute atomic E-state index is 12.5. The number of carbonyl (C=O) groups is 1. The van der Waals surface area contributed by atoms with Crippen LogP contribution in [0.4, 0.5) is 0 Å². The second-order valence-electron chi connectivity index (χ2n) is 6.70. The normalized spacial score (nSPS) is 24.9. The van der Waals surface area contributed by atoms with Crippen LogP contribution in [0, 0.1) is 11.8 Å². The van der Waals surface area contributed by atoms with Crippen LogP contribution in [0.5, 0.6) is 5.75 Å². The first-order valence-corrected chi connectivity index (χ1v) is 8.70. The lowest BCUT2D eigenvalue weighted by molar-refractivity contribution is -0.132. The first kappa shape index (κ1) is 18.2. The van der Waals surface area contributed by atoms with E-state index in [4.69, 9.17) is 22.1 Å². The van der Waals surface area contributed by atoms with Crippen molar-refractivity contribution in [3.05, 3.63) is 35.5 Å². The van der Waals surface area contributed by atoms with E-state index in [0.717, 1.165) is 31.3 Å². The SMILES string of the molecule is Cl.NC1CCC2CN(C(=O)COc3ccc(Cl)c4cccnc34)CC12. The number of fused-ring (bicyclic) bond motifs is 2. The van der Waals surface area contributed by atoms with Gasteiger partial charge >= 0.3 is 0 Å². The minimum Gasteiger partial charge on any atom is -0.481 e. The van der Waals surface area contributed by atoms with Gasteiger partial charge in [-0.1, -0.05) is 11.6 Å². The zero-order chi connectivity index (χ0) is 16.7. The van der Waals surface area contributed by atoms with Crippen LogP contribution in [0.25, 0.3) is 10.9 Å². The minimum absolute atomic E-state index is 0.